The van der Waals surface area contributed by atoms with Gasteiger partial charge in [-0.25, -0.2) is 0 Å². The van der Waals surface area contributed by atoms with Crippen LogP contribution in [0.3, 0.4) is 0 Å². The summed E-state index contributed by atoms with van der Waals surface area (Å²) in [6, 6.07) is 0. The maximum Gasteiger partial charge on any atom is 0.452 e. The van der Waals surface area contributed by atoms with Crippen LogP contribution in [0, 0.1) is 5.41 Å². The van der Waals surface area contributed by atoms with Gasteiger partial charge in [0.05, 0.1) is 0 Å². The van der Waals surface area contributed by atoms with Crippen molar-refractivity contribution in [2.75, 3.05) is 11.9 Å². The molecule has 0 unspecified atom stereocenters. The highest BCUT2D eigenvalue weighted by atomic mass is 32.1. The molecule has 0 amide bonds. The van der Waals surface area contributed by atoms with Gasteiger partial charge in [-0.15, -0.1) is 0 Å². The Kier molecular flexibility index (Phi) is 3.29. The Bertz CT molecular complexity index is 384. The Labute approximate surface area is 102 Å². The van der Waals surface area contributed by atoms with Gasteiger partial charge in [0, 0.05) is 18.1 Å². The van der Waals surface area contributed by atoms with E-state index in [-0.39, 0.29) is 5.13 Å². The molecule has 0 atom stereocenters. The third-order valence-corrected chi connectivity index (χ3v) is 3.70. The van der Waals surface area contributed by atoms with Crippen LogP contribution >= 0.6 is 11.5 Å². The van der Waals surface area contributed by atoms with Crippen molar-refractivity contribution >= 4 is 16.7 Å². The molecule has 0 aliphatic heterocycles. The fraction of sp³-hybridized carbons (Fsp3) is 0.800. The van der Waals surface area contributed by atoms with Crippen LogP contribution in [0.15, 0.2) is 0 Å². The summed E-state index contributed by atoms with van der Waals surface area (Å²) in [6.07, 6.45) is 0.0746. The number of anilines is 1. The molecule has 1 aromatic rings. The lowest BCUT2D eigenvalue weighted by Gasteiger charge is -2.13. The number of aromatic nitrogens is 2. The number of nitrogens with one attached hydrogen (secondary N) is 1. The first kappa shape index (κ1) is 12.6. The summed E-state index contributed by atoms with van der Waals surface area (Å²) in [7, 11) is 0. The van der Waals surface area contributed by atoms with E-state index in [1.165, 1.54) is 0 Å². The molecule has 0 spiro atoms. The number of hydrogen-bond acceptors (Lipinski definition) is 4. The van der Waals surface area contributed by atoms with Crippen molar-refractivity contribution in [3.8, 4) is 0 Å². The normalized spacial score (nSPS) is 18.1. The zero-order valence-corrected chi connectivity index (χ0v) is 10.3. The molecular weight excluding hydrogens is 251 g/mol. The monoisotopic (exact) mass is 265 g/mol. The fourth-order valence-electron chi connectivity index (χ4n) is 1.90. The van der Waals surface area contributed by atoms with Crippen LogP contribution in [-0.2, 0) is 6.18 Å². The molecule has 1 aliphatic carbocycles. The van der Waals surface area contributed by atoms with Crippen molar-refractivity contribution in [1.82, 2.24) is 9.36 Å². The molecule has 0 saturated heterocycles. The quantitative estimate of drug-likeness (QED) is 0.884. The predicted molar refractivity (Wildman–Crippen MR) is 60.0 cm³/mol. The van der Waals surface area contributed by atoms with Crippen molar-refractivity contribution in [1.29, 1.82) is 0 Å². The molecule has 96 valence electrons. The number of hydrogen-bond donors (Lipinski definition) is 1. The molecular formula is C10H14F3N3S. The van der Waals surface area contributed by atoms with Gasteiger partial charge in [-0.05, 0) is 24.7 Å². The van der Waals surface area contributed by atoms with E-state index in [1.807, 2.05) is 0 Å². The van der Waals surface area contributed by atoms with E-state index in [0.29, 0.717) is 12.0 Å². The second-order valence-electron chi connectivity index (χ2n) is 4.52. The topological polar surface area (TPSA) is 37.8 Å². The van der Waals surface area contributed by atoms with Crippen LogP contribution < -0.4 is 5.32 Å². The van der Waals surface area contributed by atoms with Crippen molar-refractivity contribution < 1.29 is 13.2 Å². The molecule has 0 radical (unpaired) electrons. The Hall–Kier alpha value is -0.850. The van der Waals surface area contributed by atoms with Gasteiger partial charge in [0.25, 0.3) is 0 Å². The van der Waals surface area contributed by atoms with Crippen LogP contribution in [0.25, 0.3) is 0 Å². The minimum atomic E-state index is -4.45. The zero-order valence-electron chi connectivity index (χ0n) is 9.47. The molecule has 2 rings (SSSR count). The van der Waals surface area contributed by atoms with Crippen molar-refractivity contribution in [3.05, 3.63) is 5.82 Å². The van der Waals surface area contributed by atoms with Gasteiger partial charge < -0.3 is 5.32 Å². The van der Waals surface area contributed by atoms with Gasteiger partial charge in [0.2, 0.25) is 11.0 Å². The zero-order chi connectivity index (χ0) is 12.5. The van der Waals surface area contributed by atoms with Gasteiger partial charge in [0.15, 0.2) is 0 Å². The van der Waals surface area contributed by atoms with E-state index in [2.05, 4.69) is 21.6 Å². The predicted octanol–water partition coefficient (Wildman–Crippen LogP) is 3.55. The molecule has 1 aliphatic rings. The number of alkyl halides is 3. The minimum Gasteiger partial charge on any atom is -0.360 e. The molecule has 1 N–H and O–H groups in total. The van der Waals surface area contributed by atoms with Crippen LogP contribution in [0.5, 0.6) is 0 Å². The molecule has 0 aromatic carbocycles. The van der Waals surface area contributed by atoms with Crippen molar-refractivity contribution in [2.24, 2.45) is 5.41 Å². The summed E-state index contributed by atoms with van der Waals surface area (Å²) in [4.78, 5) is 3.44. The first-order valence-electron chi connectivity index (χ1n) is 5.60. The maximum atomic E-state index is 12.3. The third kappa shape index (κ3) is 3.08. The highest BCUT2D eigenvalue weighted by Gasteiger charge is 2.41. The van der Waals surface area contributed by atoms with Gasteiger partial charge >= 0.3 is 6.18 Å². The Morgan fingerprint density at radius 1 is 1.41 bits per heavy atom. The average Bonchev–Trinajstić information content (AvgIpc) is 2.82. The number of halogens is 3. The Morgan fingerprint density at radius 2 is 2.12 bits per heavy atom. The first-order chi connectivity index (χ1) is 7.95. The SMILES string of the molecule is CCCC1(CNc2nc(C(F)(F)F)ns2)CC1. The summed E-state index contributed by atoms with van der Waals surface area (Å²) in [5.41, 5.74) is 0.290. The number of rotatable bonds is 5. The highest BCUT2D eigenvalue weighted by Crippen LogP contribution is 2.49. The third-order valence-electron chi connectivity index (χ3n) is 3.03. The van der Waals surface area contributed by atoms with E-state index < -0.39 is 12.0 Å². The van der Waals surface area contributed by atoms with E-state index >= 15 is 0 Å². The summed E-state index contributed by atoms with van der Waals surface area (Å²) >= 11 is 0.771. The molecule has 0 bridgehead atoms. The van der Waals surface area contributed by atoms with Crippen LogP contribution in [-0.4, -0.2) is 15.9 Å². The van der Waals surface area contributed by atoms with E-state index in [4.69, 9.17) is 0 Å². The van der Waals surface area contributed by atoms with E-state index in [1.54, 1.807) is 0 Å². The summed E-state index contributed by atoms with van der Waals surface area (Å²) in [6.45, 7) is 2.82. The Morgan fingerprint density at radius 3 is 2.59 bits per heavy atom. The van der Waals surface area contributed by atoms with Crippen molar-refractivity contribution in [2.45, 2.75) is 38.8 Å². The standard InChI is InChI=1S/C10H14F3N3S/c1-2-3-9(4-5-9)6-14-8-15-7(16-17-8)10(11,12)13/h2-6H2,1H3,(H,14,15,16). The minimum absolute atomic E-state index is 0.264. The summed E-state index contributed by atoms with van der Waals surface area (Å²) in [5, 5.41) is 3.23. The lowest BCUT2D eigenvalue weighted by Crippen LogP contribution is -2.15. The summed E-state index contributed by atoms with van der Waals surface area (Å²) < 4.78 is 40.1. The molecule has 3 nitrogen and oxygen atoms in total. The largest absolute Gasteiger partial charge is 0.452 e. The highest BCUT2D eigenvalue weighted by molar-refractivity contribution is 7.09. The first-order valence-corrected chi connectivity index (χ1v) is 6.37. The molecule has 7 heteroatoms. The molecule has 1 aromatic heterocycles. The summed E-state index contributed by atoms with van der Waals surface area (Å²) in [5.74, 6) is -1.05. The lowest BCUT2D eigenvalue weighted by molar-refractivity contribution is -0.144. The van der Waals surface area contributed by atoms with Gasteiger partial charge in [-0.1, -0.05) is 13.3 Å². The lowest BCUT2D eigenvalue weighted by atomic mass is 10.0. The van der Waals surface area contributed by atoms with E-state index in [9.17, 15) is 13.2 Å². The van der Waals surface area contributed by atoms with Crippen molar-refractivity contribution in [3.63, 3.8) is 0 Å². The molecule has 1 fully saturated rings. The van der Waals surface area contributed by atoms with Gasteiger partial charge in [-0.2, -0.15) is 22.5 Å². The van der Waals surface area contributed by atoms with Gasteiger partial charge in [0.1, 0.15) is 0 Å². The molecule has 1 saturated carbocycles. The Balaban J connectivity index is 1.90. The van der Waals surface area contributed by atoms with E-state index in [0.717, 1.165) is 37.2 Å². The second kappa shape index (κ2) is 4.44. The van der Waals surface area contributed by atoms with Crippen LogP contribution in [0.2, 0.25) is 0 Å². The average molecular weight is 265 g/mol. The number of nitrogens with zero attached hydrogens (tertiary/aromatic N) is 2. The maximum absolute atomic E-state index is 12.3. The fourth-order valence-corrected chi connectivity index (χ4v) is 2.48. The smallest absolute Gasteiger partial charge is 0.360 e. The van der Waals surface area contributed by atoms with Crippen LogP contribution in [0.4, 0.5) is 18.3 Å². The molecule has 17 heavy (non-hydrogen) atoms. The van der Waals surface area contributed by atoms with Gasteiger partial charge in [-0.3, -0.25) is 0 Å². The van der Waals surface area contributed by atoms with Crippen LogP contribution in [0.1, 0.15) is 38.4 Å². The molecule has 1 heterocycles. The second-order valence-corrected chi connectivity index (χ2v) is 5.28.